The summed E-state index contributed by atoms with van der Waals surface area (Å²) < 4.78 is 190. The first kappa shape index (κ1) is 110. The number of benzene rings is 8. The minimum atomic E-state index is -1.60. The quantitative estimate of drug-likeness (QED) is 0.0315. The zero-order chi connectivity index (χ0) is 108. The van der Waals surface area contributed by atoms with E-state index in [-0.39, 0.29) is 94.9 Å². The number of aromatic nitrogens is 8. The van der Waals surface area contributed by atoms with Gasteiger partial charge in [0.2, 0.25) is 0 Å². The van der Waals surface area contributed by atoms with Crippen LogP contribution >= 0.6 is 0 Å². The van der Waals surface area contributed by atoms with Crippen LogP contribution in [0.3, 0.4) is 0 Å². The van der Waals surface area contributed by atoms with E-state index in [4.69, 9.17) is 20.4 Å². The van der Waals surface area contributed by atoms with E-state index in [0.717, 1.165) is 164 Å². The van der Waals surface area contributed by atoms with Crippen LogP contribution in [0.15, 0.2) is 195 Å². The van der Waals surface area contributed by atoms with E-state index in [1.807, 2.05) is 80.2 Å². The lowest BCUT2D eigenvalue weighted by Gasteiger charge is -2.44. The highest BCUT2D eigenvalue weighted by Gasteiger charge is 2.45. The molecule has 2 unspecified atom stereocenters. The van der Waals surface area contributed by atoms with Crippen LogP contribution in [-0.2, 0) is 73.1 Å². The zero-order valence-corrected chi connectivity index (χ0v) is 84.4. The third-order valence-corrected chi connectivity index (χ3v) is 25.0. The number of hydrogen-bond acceptors (Lipinski definition) is 12. The van der Waals surface area contributed by atoms with Crippen molar-refractivity contribution in [2.24, 2.45) is 28.2 Å². The summed E-state index contributed by atoms with van der Waals surface area (Å²) in [6.07, 6.45) is 23.9. The van der Waals surface area contributed by atoms with Gasteiger partial charge in [0.25, 0.3) is 0 Å². The fourth-order valence-corrected chi connectivity index (χ4v) is 19.0. The summed E-state index contributed by atoms with van der Waals surface area (Å²) in [5.74, 6) is 13.3. The third kappa shape index (κ3) is 28.7. The van der Waals surface area contributed by atoms with Gasteiger partial charge in [-0.15, -0.1) is 0 Å². The van der Waals surface area contributed by atoms with Gasteiger partial charge in [0, 0.05) is 172 Å². The Morgan fingerprint density at radius 1 is 0.297 bits per heavy atom. The molecular weight excluding hydrogens is 1920 g/mol. The van der Waals surface area contributed by atoms with Crippen LogP contribution in [0.2, 0.25) is 0 Å². The molecule has 0 amide bonds. The highest BCUT2D eigenvalue weighted by Crippen LogP contribution is 2.48. The molecule has 0 saturated heterocycles. The number of carboxylic acid groups (broad SMARTS) is 4. The second kappa shape index (κ2) is 46.2. The third-order valence-electron chi connectivity index (χ3n) is 25.0. The summed E-state index contributed by atoms with van der Waals surface area (Å²) in [5.41, 5.74) is 5.51. The molecule has 4 aliphatic heterocycles. The van der Waals surface area contributed by atoms with Gasteiger partial charge in [-0.2, -0.15) is 20.4 Å². The molecule has 0 saturated carbocycles. The molecule has 20 nitrogen and oxygen atoms in total. The van der Waals surface area contributed by atoms with E-state index >= 15 is 35.1 Å². The predicted octanol–water partition coefficient (Wildman–Crippen LogP) is 21.1. The second-order valence-corrected chi connectivity index (χ2v) is 39.9. The van der Waals surface area contributed by atoms with Crippen LogP contribution in [0.1, 0.15) is 241 Å². The van der Waals surface area contributed by atoms with Crippen LogP contribution < -0.4 is 0 Å². The lowest BCUT2D eigenvalue weighted by Crippen LogP contribution is -2.48. The van der Waals surface area contributed by atoms with Gasteiger partial charge in [-0.3, -0.25) is 38.3 Å². The standard InChI is InChI=1S/4C29H28F3N3O2/c4*1-18-11-22-12-19(5-6-21-15-33-34(4)16-21)7-9-23(22)28(35(18)17-29(2,3)32)27-24(30)13-20(14-25(27)31)8-10-26(36)37/h4*7-10,12-16,18,28H,11,17H2,1-4H3,(H,36,37)/b4*10-8+/t3*18-,28+;/m110./s1. The monoisotopic (exact) mass is 2030 g/mol. The molecule has 0 aliphatic carbocycles. The topological polar surface area (TPSA) is 233 Å². The average Bonchev–Trinajstić information content (AvgIpc) is 0.931. The van der Waals surface area contributed by atoms with Crippen molar-refractivity contribution in [2.75, 3.05) is 26.2 Å². The molecule has 148 heavy (non-hydrogen) atoms. The Labute approximate surface area is 851 Å². The smallest absolute Gasteiger partial charge is 0.328 e. The summed E-state index contributed by atoms with van der Waals surface area (Å²) in [4.78, 5) is 50.5. The zero-order valence-electron chi connectivity index (χ0n) is 84.4. The van der Waals surface area contributed by atoms with Gasteiger partial charge in [0.05, 0.1) is 71.2 Å². The van der Waals surface area contributed by atoms with Crippen molar-refractivity contribution in [3.8, 4) is 47.4 Å². The Morgan fingerprint density at radius 3 is 0.615 bits per heavy atom. The van der Waals surface area contributed by atoms with Gasteiger partial charge in [-0.05, 0) is 297 Å². The first-order valence-electron chi connectivity index (χ1n) is 47.6. The van der Waals surface area contributed by atoms with Gasteiger partial charge in [-0.1, -0.05) is 71.6 Å². The van der Waals surface area contributed by atoms with Crippen LogP contribution in [0.5, 0.6) is 0 Å². The van der Waals surface area contributed by atoms with Crippen molar-refractivity contribution >= 4 is 48.2 Å². The van der Waals surface area contributed by atoms with E-state index in [0.29, 0.717) is 47.9 Å². The molecule has 0 radical (unpaired) electrons. The molecule has 8 atom stereocenters. The van der Waals surface area contributed by atoms with Crippen LogP contribution in [0.25, 0.3) is 24.3 Å². The average molecular weight is 2030 g/mol. The molecule has 12 aromatic rings. The molecule has 16 rings (SSSR count). The molecular formula is C116H112F12N12O8. The Morgan fingerprint density at radius 2 is 0.466 bits per heavy atom. The highest BCUT2D eigenvalue weighted by atomic mass is 19.2. The molecule has 0 fully saturated rings. The van der Waals surface area contributed by atoms with Crippen LogP contribution in [-0.4, -0.2) is 176 Å². The molecule has 4 aromatic heterocycles. The first-order valence-corrected chi connectivity index (χ1v) is 47.6. The Kier molecular flexibility index (Phi) is 34.3. The van der Waals surface area contributed by atoms with Crippen molar-refractivity contribution in [3.63, 3.8) is 0 Å². The summed E-state index contributed by atoms with van der Waals surface area (Å²) in [5, 5.41) is 51.8. The van der Waals surface area contributed by atoms with Crippen LogP contribution in [0, 0.1) is 93.9 Å². The van der Waals surface area contributed by atoms with Gasteiger partial charge in [-0.25, -0.2) is 71.9 Å². The minimum absolute atomic E-state index is 0.0274. The van der Waals surface area contributed by atoms with Crippen LogP contribution in [0.4, 0.5) is 52.7 Å². The van der Waals surface area contributed by atoms with E-state index in [9.17, 15) is 36.7 Å². The fraction of sp³-hybridized carbons (Fsp3) is 0.310. The highest BCUT2D eigenvalue weighted by molar-refractivity contribution is 5.87. The SMILES string of the molecule is CC1Cc2cc(C#Cc3cnn(C)c3)ccc2C(c2c(F)cc(/C=C/C(=O)O)cc2F)N1CC(C)(C)F.C[C@@H]1Cc2cc(C#Cc3cnn(C)c3)ccc2[C@@H](c2c(F)cc(/C=C/C(=O)O)cc2F)N1CC(C)(C)F.C[C@@H]1Cc2cc(C#Cc3cnn(C)c3)ccc2[C@@H](c2c(F)cc(/C=C/C(=O)O)cc2F)N1CC(C)(C)F.C[C@H]1Cc2cc(C#Cc3cnn(C)c3)ccc2[C@H](c2c(F)cc(/C=C/C(=O)O)cc2F)N1CC(C)(C)F. The number of hydrogen-bond donors (Lipinski definition) is 4. The minimum Gasteiger partial charge on any atom is -0.478 e. The Balaban J connectivity index is 0.000000165. The number of fused-ring (bicyclic) bond motifs is 4. The number of aliphatic carboxylic acids is 4. The number of rotatable bonds is 20. The molecule has 8 heterocycles. The normalized spacial score (nSPS) is 17.9. The summed E-state index contributed by atoms with van der Waals surface area (Å²) in [6, 6.07) is 26.5. The summed E-state index contributed by atoms with van der Waals surface area (Å²) in [7, 11) is 7.24. The van der Waals surface area contributed by atoms with Crippen molar-refractivity contribution in [2.45, 2.75) is 180 Å². The molecule has 768 valence electrons. The Hall–Kier alpha value is -15.3. The second-order valence-electron chi connectivity index (χ2n) is 39.9. The van der Waals surface area contributed by atoms with E-state index < -0.39 is 117 Å². The largest absolute Gasteiger partial charge is 0.478 e. The number of halogens is 12. The maximum atomic E-state index is 15.5. The molecule has 4 aliphatic rings. The Bertz CT molecular complexity index is 6480. The summed E-state index contributed by atoms with van der Waals surface area (Å²) >= 11 is 0. The molecule has 8 aromatic carbocycles. The number of alkyl halides is 4. The molecule has 0 spiro atoms. The number of aryl methyl sites for hydroxylation is 4. The van der Waals surface area contributed by atoms with E-state index in [1.54, 1.807) is 136 Å². The number of nitrogens with zero attached hydrogens (tertiary/aromatic N) is 12. The van der Waals surface area contributed by atoms with Gasteiger partial charge in [0.15, 0.2) is 0 Å². The fourth-order valence-electron chi connectivity index (χ4n) is 19.0. The summed E-state index contributed by atoms with van der Waals surface area (Å²) in [6.45, 7) is 19.1. The van der Waals surface area contributed by atoms with Crippen molar-refractivity contribution in [1.29, 1.82) is 0 Å². The van der Waals surface area contributed by atoms with Crippen molar-refractivity contribution < 1.29 is 92.3 Å². The maximum absolute atomic E-state index is 15.5. The predicted molar refractivity (Wildman–Crippen MR) is 542 cm³/mol. The van der Waals surface area contributed by atoms with E-state index in [1.165, 1.54) is 55.4 Å². The van der Waals surface area contributed by atoms with Crippen molar-refractivity contribution in [1.82, 2.24) is 58.7 Å². The number of carboxylic acids is 4. The van der Waals surface area contributed by atoms with Gasteiger partial charge < -0.3 is 20.4 Å². The lowest BCUT2D eigenvalue weighted by atomic mass is 9.83. The lowest BCUT2D eigenvalue weighted by molar-refractivity contribution is -0.132. The van der Waals surface area contributed by atoms with Gasteiger partial charge >= 0.3 is 23.9 Å². The first-order chi connectivity index (χ1) is 69.6. The number of carbonyl (C=O) groups is 4. The molecule has 4 N–H and O–H groups in total. The molecule has 32 heteroatoms. The maximum Gasteiger partial charge on any atom is 0.328 e. The van der Waals surface area contributed by atoms with Crippen molar-refractivity contribution in [3.05, 3.63) is 375 Å². The molecule has 0 bridgehead atoms. The van der Waals surface area contributed by atoms with E-state index in [2.05, 4.69) is 67.8 Å². The van der Waals surface area contributed by atoms with Gasteiger partial charge in [0.1, 0.15) is 69.2 Å².